The molecule has 0 saturated carbocycles. The highest BCUT2D eigenvalue weighted by molar-refractivity contribution is 7.80. The average Bonchev–Trinajstić information content (AvgIpc) is 2.75. The number of amides is 1. The zero-order valence-corrected chi connectivity index (χ0v) is 18.0. The summed E-state index contributed by atoms with van der Waals surface area (Å²) < 4.78 is 5.77. The van der Waals surface area contributed by atoms with E-state index in [-0.39, 0.29) is 11.0 Å². The monoisotopic (exact) mass is 418 g/mol. The maximum Gasteiger partial charge on any atom is 0.257 e. The van der Waals surface area contributed by atoms with Crippen molar-refractivity contribution in [2.45, 2.75) is 26.2 Å². The van der Waals surface area contributed by atoms with Gasteiger partial charge in [-0.05, 0) is 59.6 Å². The molecule has 0 aliphatic rings. The standard InChI is InChI=1S/C25H26N2O2S/c1-18(2)22-10-6-7-11-23(22)26-25(30)27-24(28)20-12-14-21(15-13-20)29-17-16-19-8-4-3-5-9-19/h3-15,18H,16-17H2,1-2H3,(H2,26,27,28,30). The zero-order chi connectivity index (χ0) is 21.3. The molecule has 30 heavy (non-hydrogen) atoms. The molecule has 4 nitrogen and oxygen atoms in total. The van der Waals surface area contributed by atoms with Crippen LogP contribution in [-0.2, 0) is 6.42 Å². The van der Waals surface area contributed by atoms with Crippen LogP contribution in [0.3, 0.4) is 0 Å². The van der Waals surface area contributed by atoms with Crippen LogP contribution in [0.25, 0.3) is 0 Å². The Morgan fingerprint density at radius 1 is 0.933 bits per heavy atom. The average molecular weight is 419 g/mol. The van der Waals surface area contributed by atoms with Crippen molar-refractivity contribution >= 4 is 28.9 Å². The van der Waals surface area contributed by atoms with E-state index in [9.17, 15) is 4.79 Å². The number of rotatable bonds is 7. The molecule has 0 unspecified atom stereocenters. The van der Waals surface area contributed by atoms with E-state index < -0.39 is 0 Å². The maximum absolute atomic E-state index is 12.5. The first kappa shape index (κ1) is 21.5. The van der Waals surface area contributed by atoms with Crippen LogP contribution in [0, 0.1) is 0 Å². The molecule has 0 aromatic heterocycles. The van der Waals surface area contributed by atoms with Crippen LogP contribution in [-0.4, -0.2) is 17.6 Å². The van der Waals surface area contributed by atoms with Crippen molar-refractivity contribution in [1.29, 1.82) is 0 Å². The SMILES string of the molecule is CC(C)c1ccccc1NC(=S)NC(=O)c1ccc(OCCc2ccccc2)cc1. The molecule has 0 heterocycles. The van der Waals surface area contributed by atoms with Crippen molar-refractivity contribution < 1.29 is 9.53 Å². The minimum Gasteiger partial charge on any atom is -0.493 e. The van der Waals surface area contributed by atoms with Crippen LogP contribution in [0.2, 0.25) is 0 Å². The minimum atomic E-state index is -0.259. The van der Waals surface area contributed by atoms with Gasteiger partial charge in [0, 0.05) is 17.7 Å². The van der Waals surface area contributed by atoms with E-state index in [2.05, 4.69) is 36.6 Å². The third-order valence-electron chi connectivity index (χ3n) is 4.68. The molecular weight excluding hydrogens is 392 g/mol. The van der Waals surface area contributed by atoms with E-state index >= 15 is 0 Å². The molecule has 1 amide bonds. The number of carbonyl (C=O) groups is 1. The van der Waals surface area contributed by atoms with Gasteiger partial charge in [0.05, 0.1) is 6.61 Å². The summed E-state index contributed by atoms with van der Waals surface area (Å²) in [6, 6.07) is 25.2. The number of para-hydroxylation sites is 1. The van der Waals surface area contributed by atoms with Crippen molar-refractivity contribution in [3.8, 4) is 5.75 Å². The third-order valence-corrected chi connectivity index (χ3v) is 4.88. The molecule has 0 aliphatic carbocycles. The molecule has 2 N–H and O–H groups in total. The largest absolute Gasteiger partial charge is 0.493 e. The Morgan fingerprint density at radius 2 is 1.60 bits per heavy atom. The predicted octanol–water partition coefficient (Wildman–Crippen LogP) is 5.56. The third kappa shape index (κ3) is 6.16. The van der Waals surface area contributed by atoms with Crippen molar-refractivity contribution in [3.63, 3.8) is 0 Å². The number of nitrogens with one attached hydrogen (secondary N) is 2. The second-order valence-electron chi connectivity index (χ2n) is 7.26. The summed E-state index contributed by atoms with van der Waals surface area (Å²) >= 11 is 5.32. The summed E-state index contributed by atoms with van der Waals surface area (Å²) in [6.45, 7) is 4.82. The summed E-state index contributed by atoms with van der Waals surface area (Å²) in [7, 11) is 0. The smallest absolute Gasteiger partial charge is 0.257 e. The molecule has 3 rings (SSSR count). The number of anilines is 1. The summed E-state index contributed by atoms with van der Waals surface area (Å²) in [5.41, 5.74) is 3.80. The highest BCUT2D eigenvalue weighted by Crippen LogP contribution is 2.23. The van der Waals surface area contributed by atoms with Crippen molar-refractivity contribution in [2.75, 3.05) is 11.9 Å². The number of benzene rings is 3. The number of ether oxygens (including phenoxy) is 1. The van der Waals surface area contributed by atoms with Crippen LogP contribution in [0.4, 0.5) is 5.69 Å². The molecular formula is C25H26N2O2S. The highest BCUT2D eigenvalue weighted by atomic mass is 32.1. The Kier molecular flexibility index (Phi) is 7.57. The van der Waals surface area contributed by atoms with E-state index in [0.717, 1.165) is 23.4 Å². The van der Waals surface area contributed by atoms with Gasteiger partial charge in [-0.1, -0.05) is 62.4 Å². The number of hydrogen-bond acceptors (Lipinski definition) is 3. The molecule has 0 fully saturated rings. The first-order chi connectivity index (χ1) is 14.5. The summed E-state index contributed by atoms with van der Waals surface area (Å²) in [4.78, 5) is 12.5. The van der Waals surface area contributed by atoms with Gasteiger partial charge in [0.15, 0.2) is 5.11 Å². The van der Waals surface area contributed by atoms with Crippen LogP contribution in [0.15, 0.2) is 78.9 Å². The van der Waals surface area contributed by atoms with E-state index in [0.29, 0.717) is 18.1 Å². The zero-order valence-electron chi connectivity index (χ0n) is 17.2. The van der Waals surface area contributed by atoms with Crippen LogP contribution in [0.1, 0.15) is 41.3 Å². The number of thiocarbonyl (C=S) groups is 1. The Labute approximate surface area is 183 Å². The van der Waals surface area contributed by atoms with Crippen molar-refractivity contribution in [1.82, 2.24) is 5.32 Å². The highest BCUT2D eigenvalue weighted by Gasteiger charge is 2.11. The number of carbonyl (C=O) groups excluding carboxylic acids is 1. The molecule has 0 atom stereocenters. The molecule has 154 valence electrons. The van der Waals surface area contributed by atoms with Gasteiger partial charge in [-0.15, -0.1) is 0 Å². The Morgan fingerprint density at radius 3 is 2.30 bits per heavy atom. The van der Waals surface area contributed by atoms with Gasteiger partial charge in [-0.25, -0.2) is 0 Å². The Bertz CT molecular complexity index is 986. The summed E-state index contributed by atoms with van der Waals surface area (Å²) in [5, 5.41) is 6.13. The number of hydrogen-bond donors (Lipinski definition) is 2. The summed E-state index contributed by atoms with van der Waals surface area (Å²) in [6.07, 6.45) is 0.834. The second-order valence-corrected chi connectivity index (χ2v) is 7.67. The topological polar surface area (TPSA) is 50.4 Å². The Balaban J connectivity index is 1.51. The first-order valence-corrected chi connectivity index (χ1v) is 10.4. The normalized spacial score (nSPS) is 10.5. The Hall–Kier alpha value is -3.18. The van der Waals surface area contributed by atoms with Gasteiger partial charge in [0.1, 0.15) is 5.75 Å². The molecule has 3 aromatic rings. The maximum atomic E-state index is 12.5. The predicted molar refractivity (Wildman–Crippen MR) is 126 cm³/mol. The van der Waals surface area contributed by atoms with Crippen LogP contribution in [0.5, 0.6) is 5.75 Å². The molecule has 5 heteroatoms. The molecule has 0 radical (unpaired) electrons. The van der Waals surface area contributed by atoms with E-state index in [1.165, 1.54) is 5.56 Å². The molecule has 0 spiro atoms. The fourth-order valence-electron chi connectivity index (χ4n) is 3.08. The summed E-state index contributed by atoms with van der Waals surface area (Å²) in [5.74, 6) is 0.820. The van der Waals surface area contributed by atoms with Crippen molar-refractivity contribution in [2.24, 2.45) is 0 Å². The molecule has 3 aromatic carbocycles. The minimum absolute atomic E-state index is 0.259. The van der Waals surface area contributed by atoms with Gasteiger partial charge in [0.2, 0.25) is 0 Å². The lowest BCUT2D eigenvalue weighted by atomic mass is 10.0. The van der Waals surface area contributed by atoms with Gasteiger partial charge >= 0.3 is 0 Å². The van der Waals surface area contributed by atoms with Gasteiger partial charge in [0.25, 0.3) is 5.91 Å². The second kappa shape index (κ2) is 10.6. The van der Waals surface area contributed by atoms with Gasteiger partial charge in [-0.3, -0.25) is 10.1 Å². The van der Waals surface area contributed by atoms with Gasteiger partial charge in [-0.2, -0.15) is 0 Å². The van der Waals surface area contributed by atoms with E-state index in [4.69, 9.17) is 17.0 Å². The molecule has 0 bridgehead atoms. The van der Waals surface area contributed by atoms with Crippen molar-refractivity contribution in [3.05, 3.63) is 95.6 Å². The fraction of sp³-hybridized carbons (Fsp3) is 0.200. The van der Waals surface area contributed by atoms with E-state index in [1.807, 2.05) is 42.5 Å². The fourth-order valence-corrected chi connectivity index (χ4v) is 3.28. The lowest BCUT2D eigenvalue weighted by molar-refractivity contribution is 0.0977. The molecule has 0 aliphatic heterocycles. The van der Waals surface area contributed by atoms with E-state index in [1.54, 1.807) is 24.3 Å². The molecule has 0 saturated heterocycles. The van der Waals surface area contributed by atoms with Crippen LogP contribution < -0.4 is 15.4 Å². The lowest BCUT2D eigenvalue weighted by Crippen LogP contribution is -2.34. The quantitative estimate of drug-likeness (QED) is 0.493. The first-order valence-electron chi connectivity index (χ1n) is 10.0. The van der Waals surface area contributed by atoms with Gasteiger partial charge < -0.3 is 10.1 Å². The van der Waals surface area contributed by atoms with Crippen LogP contribution >= 0.6 is 12.2 Å². The lowest BCUT2D eigenvalue weighted by Gasteiger charge is -2.15.